The fourth-order valence-electron chi connectivity index (χ4n) is 2.10. The second-order valence-corrected chi connectivity index (χ2v) is 4.90. The van der Waals surface area contributed by atoms with Gasteiger partial charge in [0.25, 0.3) is 0 Å². The minimum absolute atomic E-state index is 0.787. The van der Waals surface area contributed by atoms with Crippen molar-refractivity contribution in [2.24, 2.45) is 0 Å². The van der Waals surface area contributed by atoms with Gasteiger partial charge in [-0.15, -0.1) is 0 Å². The van der Waals surface area contributed by atoms with Gasteiger partial charge >= 0.3 is 0 Å². The maximum atomic E-state index is 4.34. The largest absolute Gasteiger partial charge is 0.341 e. The Hall–Kier alpha value is -1.46. The molecule has 0 unspecified atom stereocenters. The van der Waals surface area contributed by atoms with E-state index in [9.17, 15) is 0 Å². The van der Waals surface area contributed by atoms with Crippen LogP contribution in [0.15, 0.2) is 12.3 Å². The van der Waals surface area contributed by atoms with E-state index in [0.717, 1.165) is 42.7 Å². The maximum absolute atomic E-state index is 4.34. The van der Waals surface area contributed by atoms with Gasteiger partial charge in [0.2, 0.25) is 0 Å². The number of nitrogens with zero attached hydrogens (tertiary/aromatic N) is 2. The Morgan fingerprint density at radius 2 is 2.28 bits per heavy atom. The number of rotatable bonds is 6. The Kier molecular flexibility index (Phi) is 3.25. The average molecular weight is 245 g/mol. The molecule has 2 heterocycles. The first-order valence-corrected chi connectivity index (χ1v) is 6.57. The number of aromatic nitrogens is 3. The molecule has 96 valence electrons. The normalized spacial score (nSPS) is 15.4. The van der Waals surface area contributed by atoms with E-state index in [1.165, 1.54) is 18.4 Å². The van der Waals surface area contributed by atoms with Gasteiger partial charge in [0, 0.05) is 31.9 Å². The molecule has 1 fully saturated rings. The van der Waals surface area contributed by atoms with Gasteiger partial charge in [0.05, 0.1) is 5.52 Å². The number of hydrogen-bond donors (Lipinski definition) is 3. The molecule has 1 aliphatic carbocycles. The summed E-state index contributed by atoms with van der Waals surface area (Å²) in [6, 6.07) is 2.83. The Balaban J connectivity index is 1.56. The molecule has 5 nitrogen and oxygen atoms in total. The van der Waals surface area contributed by atoms with Crippen LogP contribution in [0, 0.1) is 6.92 Å². The Morgan fingerprint density at radius 3 is 3.11 bits per heavy atom. The highest BCUT2D eigenvalue weighted by molar-refractivity contribution is 5.74. The van der Waals surface area contributed by atoms with E-state index in [1.807, 2.05) is 19.2 Å². The maximum Gasteiger partial charge on any atom is 0.177 e. The lowest BCUT2D eigenvalue weighted by molar-refractivity contribution is 0.609. The summed E-state index contributed by atoms with van der Waals surface area (Å²) >= 11 is 0. The van der Waals surface area contributed by atoms with Crippen LogP contribution in [0.4, 0.5) is 0 Å². The standard InChI is InChI=1S/C13H19N5/c1-9-17-12-10(4-5-16-13(12)18-9)8-14-6-7-15-11-2-3-11/h4-5,11,14-15H,2-3,6-8H2,1H3,(H,16,17,18). The highest BCUT2D eigenvalue weighted by Gasteiger charge is 2.19. The third-order valence-electron chi connectivity index (χ3n) is 3.22. The number of pyridine rings is 1. The van der Waals surface area contributed by atoms with Crippen molar-refractivity contribution < 1.29 is 0 Å². The third-order valence-corrected chi connectivity index (χ3v) is 3.22. The van der Waals surface area contributed by atoms with E-state index in [1.54, 1.807) is 0 Å². The lowest BCUT2D eigenvalue weighted by Gasteiger charge is -2.06. The zero-order valence-electron chi connectivity index (χ0n) is 10.7. The molecular weight excluding hydrogens is 226 g/mol. The third kappa shape index (κ3) is 2.68. The van der Waals surface area contributed by atoms with Crippen molar-refractivity contribution in [1.82, 2.24) is 25.6 Å². The Bertz CT molecular complexity index is 529. The fraction of sp³-hybridized carbons (Fsp3) is 0.538. The highest BCUT2D eigenvalue weighted by Crippen LogP contribution is 2.17. The van der Waals surface area contributed by atoms with Crippen LogP contribution in [-0.2, 0) is 6.54 Å². The zero-order valence-corrected chi connectivity index (χ0v) is 10.7. The van der Waals surface area contributed by atoms with Gasteiger partial charge in [-0.05, 0) is 31.4 Å². The fourth-order valence-corrected chi connectivity index (χ4v) is 2.10. The van der Waals surface area contributed by atoms with Crippen molar-refractivity contribution in [1.29, 1.82) is 0 Å². The van der Waals surface area contributed by atoms with Crippen LogP contribution < -0.4 is 10.6 Å². The molecular formula is C13H19N5. The molecule has 1 aliphatic rings. The van der Waals surface area contributed by atoms with Gasteiger partial charge in [-0.25, -0.2) is 9.97 Å². The number of nitrogens with one attached hydrogen (secondary N) is 3. The van der Waals surface area contributed by atoms with Crippen LogP contribution >= 0.6 is 0 Å². The molecule has 0 saturated heterocycles. The number of H-pyrrole nitrogens is 1. The summed E-state index contributed by atoms with van der Waals surface area (Å²) < 4.78 is 0. The minimum Gasteiger partial charge on any atom is -0.341 e. The number of aryl methyl sites for hydroxylation is 1. The summed E-state index contributed by atoms with van der Waals surface area (Å²) in [6.07, 6.45) is 4.51. The van der Waals surface area contributed by atoms with Crippen LogP contribution in [0.25, 0.3) is 11.2 Å². The second-order valence-electron chi connectivity index (χ2n) is 4.90. The van der Waals surface area contributed by atoms with Crippen molar-refractivity contribution in [2.45, 2.75) is 32.4 Å². The van der Waals surface area contributed by atoms with Gasteiger partial charge in [-0.1, -0.05) is 0 Å². The van der Waals surface area contributed by atoms with Crippen LogP contribution in [0.2, 0.25) is 0 Å². The Labute approximate surface area is 106 Å². The number of aromatic amines is 1. The topological polar surface area (TPSA) is 65.6 Å². The molecule has 1 saturated carbocycles. The smallest absolute Gasteiger partial charge is 0.177 e. The molecule has 0 spiro atoms. The van der Waals surface area contributed by atoms with Crippen LogP contribution in [0.5, 0.6) is 0 Å². The molecule has 0 atom stereocenters. The SMILES string of the molecule is Cc1nc2nccc(CNCCNC3CC3)c2[nH]1. The molecule has 5 heteroatoms. The van der Waals surface area contributed by atoms with E-state index in [4.69, 9.17) is 0 Å². The summed E-state index contributed by atoms with van der Waals surface area (Å²) in [5, 5.41) is 6.94. The van der Waals surface area contributed by atoms with Gasteiger partial charge in [-0.3, -0.25) is 0 Å². The van der Waals surface area contributed by atoms with Crippen LogP contribution in [-0.4, -0.2) is 34.1 Å². The lowest BCUT2D eigenvalue weighted by Crippen LogP contribution is -2.28. The highest BCUT2D eigenvalue weighted by atomic mass is 15.0. The van der Waals surface area contributed by atoms with Crippen molar-refractivity contribution in [3.8, 4) is 0 Å². The molecule has 0 radical (unpaired) electrons. The monoisotopic (exact) mass is 245 g/mol. The van der Waals surface area contributed by atoms with E-state index in [-0.39, 0.29) is 0 Å². The minimum atomic E-state index is 0.787. The van der Waals surface area contributed by atoms with Gasteiger partial charge in [0.15, 0.2) is 5.65 Å². The number of hydrogen-bond acceptors (Lipinski definition) is 4. The molecule has 2 aromatic heterocycles. The molecule has 0 bridgehead atoms. The predicted molar refractivity (Wildman–Crippen MR) is 71.4 cm³/mol. The molecule has 0 aliphatic heterocycles. The first kappa shape index (κ1) is 11.6. The summed E-state index contributed by atoms with van der Waals surface area (Å²) in [5.41, 5.74) is 3.09. The zero-order chi connectivity index (χ0) is 12.4. The number of imidazole rings is 1. The molecule has 18 heavy (non-hydrogen) atoms. The van der Waals surface area contributed by atoms with E-state index < -0.39 is 0 Å². The van der Waals surface area contributed by atoms with Gasteiger partial charge in [0.1, 0.15) is 5.82 Å². The predicted octanol–water partition coefficient (Wildman–Crippen LogP) is 1.11. The summed E-state index contributed by atoms with van der Waals surface area (Å²) in [6.45, 7) is 4.85. The summed E-state index contributed by atoms with van der Waals surface area (Å²) in [5.74, 6) is 0.917. The lowest BCUT2D eigenvalue weighted by atomic mass is 10.2. The number of fused-ring (bicyclic) bond motifs is 1. The van der Waals surface area contributed by atoms with Crippen LogP contribution in [0.1, 0.15) is 24.2 Å². The molecule has 0 aromatic carbocycles. The molecule has 3 N–H and O–H groups in total. The Morgan fingerprint density at radius 1 is 1.39 bits per heavy atom. The van der Waals surface area contributed by atoms with E-state index >= 15 is 0 Å². The summed E-state index contributed by atoms with van der Waals surface area (Å²) in [4.78, 5) is 11.9. The molecule has 3 rings (SSSR count). The van der Waals surface area contributed by atoms with Crippen molar-refractivity contribution in [2.75, 3.05) is 13.1 Å². The molecule has 0 amide bonds. The average Bonchev–Trinajstić information content (AvgIpc) is 3.09. The first-order valence-electron chi connectivity index (χ1n) is 6.57. The van der Waals surface area contributed by atoms with Gasteiger partial charge in [-0.2, -0.15) is 0 Å². The van der Waals surface area contributed by atoms with E-state index in [0.29, 0.717) is 0 Å². The van der Waals surface area contributed by atoms with Crippen molar-refractivity contribution in [3.63, 3.8) is 0 Å². The van der Waals surface area contributed by atoms with Crippen molar-refractivity contribution >= 4 is 11.2 Å². The van der Waals surface area contributed by atoms with E-state index in [2.05, 4.69) is 25.6 Å². The van der Waals surface area contributed by atoms with Crippen molar-refractivity contribution in [3.05, 3.63) is 23.7 Å². The molecule has 2 aromatic rings. The quantitative estimate of drug-likeness (QED) is 0.667. The first-order chi connectivity index (χ1) is 8.83. The van der Waals surface area contributed by atoms with Crippen LogP contribution in [0.3, 0.4) is 0 Å². The van der Waals surface area contributed by atoms with Gasteiger partial charge < -0.3 is 15.6 Å². The summed E-state index contributed by atoms with van der Waals surface area (Å²) in [7, 11) is 0. The second kappa shape index (κ2) is 5.04.